The molecule has 0 aliphatic carbocycles. The summed E-state index contributed by atoms with van der Waals surface area (Å²) in [6.07, 6.45) is 0. The number of benzene rings is 1. The zero-order valence-electron chi connectivity index (χ0n) is 6.92. The minimum atomic E-state index is 0. The Morgan fingerprint density at radius 2 is 2.00 bits per heavy atom. The third kappa shape index (κ3) is 2.70. The van der Waals surface area contributed by atoms with Crippen LogP contribution < -0.4 is 23.0 Å². The molecule has 0 spiro atoms. The summed E-state index contributed by atoms with van der Waals surface area (Å²) >= 11 is 0. The molecule has 68 valence electrons. The van der Waals surface area contributed by atoms with Crippen molar-refractivity contribution in [3.63, 3.8) is 0 Å². The van der Waals surface area contributed by atoms with Gasteiger partial charge in [-0.1, -0.05) is 18.2 Å². The molecule has 4 heteroatoms. The molecule has 12 heavy (non-hydrogen) atoms. The zero-order valence-corrected chi connectivity index (χ0v) is 7.67. The van der Waals surface area contributed by atoms with Crippen LogP contribution in [0.25, 0.3) is 0 Å². The summed E-state index contributed by atoms with van der Waals surface area (Å²) in [5.41, 5.74) is 1.02. The number of hydrogen-bond acceptors (Lipinski definition) is 2. The molecular formula is C8H12ClNO2. The van der Waals surface area contributed by atoms with Gasteiger partial charge in [0.25, 0.3) is 0 Å². The predicted molar refractivity (Wildman–Crippen MR) is 40.7 cm³/mol. The maximum Gasteiger partial charge on any atom is 0.135 e. The number of para-hydroxylation sites is 1. The molecule has 0 unspecified atom stereocenters. The monoisotopic (exact) mass is 189 g/mol. The number of ether oxygens (including phenoxy) is 1. The van der Waals surface area contributed by atoms with E-state index < -0.39 is 0 Å². The molecule has 0 aromatic heterocycles. The molecule has 3 N–H and O–H groups in total. The molecule has 0 aliphatic rings. The fourth-order valence-corrected chi connectivity index (χ4v) is 0.932. The van der Waals surface area contributed by atoms with Gasteiger partial charge in [-0.2, -0.15) is 0 Å². The number of halogens is 1. The van der Waals surface area contributed by atoms with Crippen LogP contribution in [0.2, 0.25) is 0 Å². The van der Waals surface area contributed by atoms with Gasteiger partial charge < -0.3 is 17.1 Å². The van der Waals surface area contributed by atoms with Gasteiger partial charge in [-0.3, -0.25) is 0 Å². The van der Waals surface area contributed by atoms with E-state index >= 15 is 0 Å². The van der Waals surface area contributed by atoms with Gasteiger partial charge in [0.05, 0.1) is 7.11 Å². The quantitative estimate of drug-likeness (QED) is 0.529. The molecule has 0 atom stereocenters. The average Bonchev–Trinajstić information content (AvgIpc) is 2.06. The molecular weight excluding hydrogens is 178 g/mol. The third-order valence-electron chi connectivity index (χ3n) is 1.45. The summed E-state index contributed by atoms with van der Waals surface area (Å²) in [6, 6.07) is 7.71. The molecule has 1 aromatic carbocycles. The number of rotatable bonds is 3. The Balaban J connectivity index is 0.00000121. The van der Waals surface area contributed by atoms with E-state index in [1.54, 1.807) is 7.11 Å². The number of quaternary nitrogens is 1. The number of methoxy groups -OCH3 is 1. The van der Waals surface area contributed by atoms with E-state index in [9.17, 15) is 0 Å². The Kier molecular flexibility index (Phi) is 5.45. The minimum absolute atomic E-state index is 0. The van der Waals surface area contributed by atoms with Crippen LogP contribution in [0.3, 0.4) is 0 Å². The first-order valence-electron chi connectivity index (χ1n) is 3.37. The van der Waals surface area contributed by atoms with E-state index in [1.165, 1.54) is 0 Å². The normalized spacial score (nSPS) is 8.83. The fourth-order valence-electron chi connectivity index (χ4n) is 0.932. The van der Waals surface area contributed by atoms with Gasteiger partial charge in [0.15, 0.2) is 0 Å². The molecule has 0 fully saturated rings. The van der Waals surface area contributed by atoms with Gasteiger partial charge in [-0.05, 0) is 6.07 Å². The average molecular weight is 190 g/mol. The third-order valence-corrected chi connectivity index (χ3v) is 1.45. The van der Waals surface area contributed by atoms with Gasteiger partial charge in [0.2, 0.25) is 0 Å². The molecule has 3 nitrogen and oxygen atoms in total. The van der Waals surface area contributed by atoms with Crippen molar-refractivity contribution < 1.29 is 27.9 Å². The summed E-state index contributed by atoms with van der Waals surface area (Å²) in [6.45, 7) is 0.490. The van der Waals surface area contributed by atoms with Crippen LogP contribution in [0.4, 0.5) is 0 Å². The van der Waals surface area contributed by atoms with E-state index in [0.717, 1.165) is 11.3 Å². The molecule has 1 aromatic rings. The molecule has 0 radical (unpaired) electrons. The first-order valence-corrected chi connectivity index (χ1v) is 3.37. The smallest absolute Gasteiger partial charge is 0.135 e. The number of hydrogen-bond donors (Lipinski definition) is 1. The van der Waals surface area contributed by atoms with Gasteiger partial charge >= 0.3 is 0 Å². The molecule has 0 amide bonds. The van der Waals surface area contributed by atoms with Crippen LogP contribution >= 0.6 is 0 Å². The van der Waals surface area contributed by atoms with E-state index in [4.69, 9.17) is 9.57 Å². The highest BCUT2D eigenvalue weighted by molar-refractivity contribution is 5.32. The van der Waals surface area contributed by atoms with Crippen molar-refractivity contribution in [3.8, 4) is 5.75 Å². The molecule has 1 rings (SSSR count). The van der Waals surface area contributed by atoms with Crippen LogP contribution in [-0.2, 0) is 11.4 Å². The van der Waals surface area contributed by atoms with Crippen LogP contribution in [0, 0.1) is 0 Å². The predicted octanol–water partition coefficient (Wildman–Crippen LogP) is -2.63. The van der Waals surface area contributed by atoms with Gasteiger partial charge in [-0.15, -0.1) is 0 Å². The van der Waals surface area contributed by atoms with Crippen molar-refractivity contribution in [2.45, 2.75) is 6.61 Å². The fraction of sp³-hybridized carbons (Fsp3) is 0.250. The highest BCUT2D eigenvalue weighted by atomic mass is 35.5. The SMILES string of the molecule is COc1ccccc1CO[NH3+].[Cl-]. The Bertz CT molecular complexity index is 230. The van der Waals surface area contributed by atoms with Crippen LogP contribution in [0.5, 0.6) is 5.75 Å². The van der Waals surface area contributed by atoms with Crippen molar-refractivity contribution in [2.24, 2.45) is 0 Å². The second-order valence-electron chi connectivity index (χ2n) is 2.16. The Labute approximate surface area is 77.8 Å². The standard InChI is InChI=1S/C8H12NO2.ClH/c1-10-8-5-3-2-4-7(8)6-11-9;/h2-5H,6H2,1,9H3;1H/q+1;/p-1. The van der Waals surface area contributed by atoms with Crippen molar-refractivity contribution >= 4 is 0 Å². The topological polar surface area (TPSA) is 46.1 Å². The maximum atomic E-state index is 5.09. The molecule has 0 bridgehead atoms. The first kappa shape index (κ1) is 11.2. The lowest BCUT2D eigenvalue weighted by atomic mass is 10.2. The lowest BCUT2D eigenvalue weighted by Crippen LogP contribution is -3.00. The molecule has 0 heterocycles. The largest absolute Gasteiger partial charge is 1.00 e. The minimum Gasteiger partial charge on any atom is -1.00 e. The maximum absolute atomic E-state index is 5.09. The van der Waals surface area contributed by atoms with Crippen molar-refractivity contribution in [3.05, 3.63) is 29.8 Å². The van der Waals surface area contributed by atoms with Gasteiger partial charge in [-0.25, -0.2) is 10.7 Å². The van der Waals surface area contributed by atoms with E-state index in [0.29, 0.717) is 6.61 Å². The highest BCUT2D eigenvalue weighted by Crippen LogP contribution is 2.16. The summed E-state index contributed by atoms with van der Waals surface area (Å²) in [7, 11) is 1.64. The summed E-state index contributed by atoms with van der Waals surface area (Å²) in [5, 5.41) is 0. The first-order chi connectivity index (χ1) is 5.38. The van der Waals surface area contributed by atoms with Gasteiger partial charge in [0, 0.05) is 5.56 Å². The lowest BCUT2D eigenvalue weighted by Gasteiger charge is -2.04. The summed E-state index contributed by atoms with van der Waals surface area (Å²) in [5.74, 6) is 4.14. The van der Waals surface area contributed by atoms with Crippen LogP contribution in [-0.4, -0.2) is 7.11 Å². The van der Waals surface area contributed by atoms with Gasteiger partial charge in [0.1, 0.15) is 12.4 Å². The van der Waals surface area contributed by atoms with Crippen molar-refractivity contribution in [2.75, 3.05) is 7.11 Å². The summed E-state index contributed by atoms with van der Waals surface area (Å²) in [4.78, 5) is 4.74. The lowest BCUT2D eigenvalue weighted by molar-refractivity contribution is -0.695. The van der Waals surface area contributed by atoms with Crippen LogP contribution in [0.1, 0.15) is 5.56 Å². The highest BCUT2D eigenvalue weighted by Gasteiger charge is 2.00. The van der Waals surface area contributed by atoms with Crippen molar-refractivity contribution in [1.82, 2.24) is 0 Å². The second-order valence-corrected chi connectivity index (χ2v) is 2.16. The Morgan fingerprint density at radius 3 is 2.58 bits per heavy atom. The van der Waals surface area contributed by atoms with E-state index in [1.807, 2.05) is 24.3 Å². The second kappa shape index (κ2) is 5.83. The Hall–Kier alpha value is -0.770. The zero-order chi connectivity index (χ0) is 8.10. The molecule has 0 saturated heterocycles. The van der Waals surface area contributed by atoms with Crippen molar-refractivity contribution in [1.29, 1.82) is 0 Å². The summed E-state index contributed by atoms with van der Waals surface area (Å²) < 4.78 is 5.09. The molecule has 0 aliphatic heterocycles. The molecule has 0 saturated carbocycles. The van der Waals surface area contributed by atoms with E-state index in [2.05, 4.69) is 5.90 Å². The van der Waals surface area contributed by atoms with E-state index in [-0.39, 0.29) is 12.4 Å². The Morgan fingerprint density at radius 1 is 1.33 bits per heavy atom. The van der Waals surface area contributed by atoms with Crippen LogP contribution in [0.15, 0.2) is 24.3 Å².